The lowest BCUT2D eigenvalue weighted by Crippen LogP contribution is -2.36. The van der Waals surface area contributed by atoms with Crippen LogP contribution in [0.4, 0.5) is 13.6 Å². The molecule has 0 bridgehead atoms. The third-order valence-electron chi connectivity index (χ3n) is 2.84. The zero-order valence-electron chi connectivity index (χ0n) is 11.0. The SMILES string of the molecule is CN(C)C(=O)NCCn1c(=S)[nH]c2ccc(F)c(F)c21. The van der Waals surface area contributed by atoms with Gasteiger partial charge >= 0.3 is 6.03 Å². The predicted octanol–water partition coefficient (Wildman–Crippen LogP) is 2.25. The molecule has 0 spiro atoms. The molecular weight excluding hydrogens is 286 g/mol. The highest BCUT2D eigenvalue weighted by molar-refractivity contribution is 7.71. The van der Waals surface area contributed by atoms with Gasteiger partial charge in [0.05, 0.1) is 5.52 Å². The maximum atomic E-state index is 13.8. The van der Waals surface area contributed by atoms with Crippen LogP contribution >= 0.6 is 12.2 Å². The Hall–Kier alpha value is -1.96. The van der Waals surface area contributed by atoms with E-state index in [0.29, 0.717) is 5.52 Å². The number of imidazole rings is 1. The molecule has 0 aliphatic heterocycles. The number of aromatic nitrogens is 2. The number of nitrogens with zero attached hydrogens (tertiary/aromatic N) is 2. The van der Waals surface area contributed by atoms with Crippen molar-refractivity contribution in [3.05, 3.63) is 28.5 Å². The van der Waals surface area contributed by atoms with E-state index < -0.39 is 11.6 Å². The van der Waals surface area contributed by atoms with Crippen LogP contribution < -0.4 is 5.32 Å². The summed E-state index contributed by atoms with van der Waals surface area (Å²) in [6.07, 6.45) is 0. The van der Waals surface area contributed by atoms with Crippen molar-refractivity contribution in [1.29, 1.82) is 0 Å². The molecule has 0 fully saturated rings. The number of hydrogen-bond acceptors (Lipinski definition) is 2. The smallest absolute Gasteiger partial charge is 0.316 e. The van der Waals surface area contributed by atoms with E-state index in [0.717, 1.165) is 6.07 Å². The summed E-state index contributed by atoms with van der Waals surface area (Å²) in [6, 6.07) is 2.21. The van der Waals surface area contributed by atoms with Crippen molar-refractivity contribution < 1.29 is 13.6 Å². The fourth-order valence-corrected chi connectivity index (χ4v) is 2.13. The van der Waals surface area contributed by atoms with Gasteiger partial charge in [0.2, 0.25) is 0 Å². The van der Waals surface area contributed by atoms with Crippen molar-refractivity contribution in [3.8, 4) is 0 Å². The third-order valence-corrected chi connectivity index (χ3v) is 3.17. The van der Waals surface area contributed by atoms with Gasteiger partial charge in [0, 0.05) is 27.2 Å². The highest BCUT2D eigenvalue weighted by Crippen LogP contribution is 2.20. The zero-order valence-corrected chi connectivity index (χ0v) is 11.9. The van der Waals surface area contributed by atoms with Gasteiger partial charge in [0.1, 0.15) is 5.52 Å². The molecule has 0 unspecified atom stereocenters. The predicted molar refractivity (Wildman–Crippen MR) is 74.1 cm³/mol. The highest BCUT2D eigenvalue weighted by Gasteiger charge is 2.13. The molecule has 2 rings (SSSR count). The molecule has 1 aromatic heterocycles. The number of nitrogens with one attached hydrogen (secondary N) is 2. The summed E-state index contributed by atoms with van der Waals surface area (Å²) in [7, 11) is 3.23. The van der Waals surface area contributed by atoms with Gasteiger partial charge in [-0.2, -0.15) is 0 Å². The first-order chi connectivity index (χ1) is 9.41. The van der Waals surface area contributed by atoms with E-state index in [2.05, 4.69) is 10.3 Å². The van der Waals surface area contributed by atoms with E-state index >= 15 is 0 Å². The molecule has 0 aliphatic carbocycles. The molecule has 2 aromatic rings. The summed E-state index contributed by atoms with van der Waals surface area (Å²) in [4.78, 5) is 15.6. The number of amides is 2. The van der Waals surface area contributed by atoms with E-state index in [-0.39, 0.29) is 29.4 Å². The Morgan fingerprint density at radius 2 is 2.15 bits per heavy atom. The van der Waals surface area contributed by atoms with Crippen LogP contribution in [0.1, 0.15) is 0 Å². The average molecular weight is 300 g/mol. The molecule has 0 aliphatic rings. The number of rotatable bonds is 3. The van der Waals surface area contributed by atoms with Crippen LogP contribution in [0.15, 0.2) is 12.1 Å². The molecule has 108 valence electrons. The lowest BCUT2D eigenvalue weighted by Gasteiger charge is -2.12. The first-order valence-electron chi connectivity index (χ1n) is 5.93. The van der Waals surface area contributed by atoms with Crippen LogP contribution in [-0.2, 0) is 6.54 Å². The minimum atomic E-state index is -0.950. The number of urea groups is 1. The van der Waals surface area contributed by atoms with E-state index in [4.69, 9.17) is 12.2 Å². The van der Waals surface area contributed by atoms with Gasteiger partial charge < -0.3 is 19.8 Å². The van der Waals surface area contributed by atoms with Gasteiger partial charge in [-0.15, -0.1) is 0 Å². The first kappa shape index (κ1) is 14.4. The summed E-state index contributed by atoms with van der Waals surface area (Å²) >= 11 is 5.08. The molecule has 1 aromatic carbocycles. The molecule has 1 heterocycles. The van der Waals surface area contributed by atoms with Gasteiger partial charge in [0.25, 0.3) is 0 Å². The maximum absolute atomic E-state index is 13.8. The van der Waals surface area contributed by atoms with Crippen molar-refractivity contribution >= 4 is 29.3 Å². The average Bonchev–Trinajstić information content (AvgIpc) is 2.71. The standard InChI is InChI=1S/C12H14F2N4OS/c1-17(2)11(19)15-5-6-18-10-8(16-12(18)20)4-3-7(13)9(10)14/h3-4H,5-6H2,1-2H3,(H,15,19)(H,16,20). The lowest BCUT2D eigenvalue weighted by molar-refractivity contribution is 0.217. The summed E-state index contributed by atoms with van der Waals surface area (Å²) in [5, 5.41) is 2.64. The van der Waals surface area contributed by atoms with Crippen molar-refractivity contribution in [1.82, 2.24) is 19.8 Å². The minimum Gasteiger partial charge on any atom is -0.336 e. The second kappa shape index (κ2) is 5.58. The number of carbonyl (C=O) groups is 1. The van der Waals surface area contributed by atoms with E-state index in [9.17, 15) is 13.6 Å². The number of carbonyl (C=O) groups excluding carboxylic acids is 1. The van der Waals surface area contributed by atoms with Crippen LogP contribution in [-0.4, -0.2) is 41.1 Å². The van der Waals surface area contributed by atoms with Gasteiger partial charge in [-0.1, -0.05) is 0 Å². The molecule has 2 amide bonds. The van der Waals surface area contributed by atoms with Crippen LogP contribution in [0.3, 0.4) is 0 Å². The summed E-state index contributed by atoms with van der Waals surface area (Å²) < 4.78 is 28.8. The molecule has 0 saturated carbocycles. The quantitative estimate of drug-likeness (QED) is 0.854. The molecular formula is C12H14F2N4OS. The Balaban J connectivity index is 2.26. The largest absolute Gasteiger partial charge is 0.336 e. The minimum absolute atomic E-state index is 0.0779. The first-order valence-corrected chi connectivity index (χ1v) is 6.34. The Labute approximate surface area is 119 Å². The normalized spacial score (nSPS) is 10.8. The van der Waals surface area contributed by atoms with Crippen LogP contribution in [0.2, 0.25) is 0 Å². The van der Waals surface area contributed by atoms with E-state index in [1.54, 1.807) is 14.1 Å². The van der Waals surface area contributed by atoms with Crippen molar-refractivity contribution in [2.24, 2.45) is 0 Å². The summed E-state index contributed by atoms with van der Waals surface area (Å²) in [5.74, 6) is -1.88. The lowest BCUT2D eigenvalue weighted by atomic mass is 10.3. The second-order valence-corrected chi connectivity index (χ2v) is 4.85. The monoisotopic (exact) mass is 300 g/mol. The number of H-pyrrole nitrogens is 1. The maximum Gasteiger partial charge on any atom is 0.316 e. The Kier molecular flexibility index (Phi) is 4.03. The Morgan fingerprint density at radius 1 is 1.45 bits per heavy atom. The van der Waals surface area contributed by atoms with E-state index in [1.807, 2.05) is 0 Å². The van der Waals surface area contributed by atoms with Crippen LogP contribution in [0.5, 0.6) is 0 Å². The Morgan fingerprint density at radius 3 is 2.80 bits per heavy atom. The molecule has 0 atom stereocenters. The number of fused-ring (bicyclic) bond motifs is 1. The van der Waals surface area contributed by atoms with Gasteiger partial charge in [0.15, 0.2) is 16.4 Å². The van der Waals surface area contributed by atoms with Gasteiger partial charge in [-0.25, -0.2) is 13.6 Å². The van der Waals surface area contributed by atoms with Crippen LogP contribution in [0.25, 0.3) is 11.0 Å². The van der Waals surface area contributed by atoms with Crippen molar-refractivity contribution in [2.75, 3.05) is 20.6 Å². The molecule has 5 nitrogen and oxygen atoms in total. The Bertz CT molecular complexity index is 707. The van der Waals surface area contributed by atoms with Crippen LogP contribution in [0, 0.1) is 16.4 Å². The van der Waals surface area contributed by atoms with Crippen molar-refractivity contribution in [3.63, 3.8) is 0 Å². The molecule has 20 heavy (non-hydrogen) atoms. The highest BCUT2D eigenvalue weighted by atomic mass is 32.1. The number of aromatic amines is 1. The second-order valence-electron chi connectivity index (χ2n) is 4.47. The summed E-state index contributed by atoms with van der Waals surface area (Å²) in [6.45, 7) is 0.507. The van der Waals surface area contributed by atoms with Gasteiger partial charge in [-0.3, -0.25) is 0 Å². The molecule has 0 saturated heterocycles. The fraction of sp³-hybridized carbons (Fsp3) is 0.333. The topological polar surface area (TPSA) is 53.1 Å². The summed E-state index contributed by atoms with van der Waals surface area (Å²) in [5.41, 5.74) is 0.502. The third kappa shape index (κ3) is 2.64. The molecule has 2 N–H and O–H groups in total. The number of halogens is 2. The van der Waals surface area contributed by atoms with E-state index in [1.165, 1.54) is 15.5 Å². The molecule has 0 radical (unpaired) electrons. The molecule has 8 heteroatoms. The fourth-order valence-electron chi connectivity index (χ4n) is 1.84. The van der Waals surface area contributed by atoms with Crippen molar-refractivity contribution in [2.45, 2.75) is 6.54 Å². The van der Waals surface area contributed by atoms with Gasteiger partial charge in [-0.05, 0) is 24.4 Å². The number of hydrogen-bond donors (Lipinski definition) is 2. The zero-order chi connectivity index (χ0) is 14.9. The number of benzene rings is 1.